The third kappa shape index (κ3) is 2.58. The van der Waals surface area contributed by atoms with Gasteiger partial charge in [0.1, 0.15) is 12.0 Å². The molecule has 8 heteroatoms. The summed E-state index contributed by atoms with van der Waals surface area (Å²) in [6.07, 6.45) is 3.43. The molecule has 6 aromatic rings. The van der Waals surface area contributed by atoms with E-state index in [0.29, 0.717) is 11.5 Å². The lowest BCUT2D eigenvalue weighted by Gasteiger charge is -2.01. The number of rotatable bonds is 3. The molecule has 30 heavy (non-hydrogen) atoms. The quantitative estimate of drug-likeness (QED) is 0.494. The lowest BCUT2D eigenvalue weighted by molar-refractivity contribution is 0.882. The van der Waals surface area contributed by atoms with Crippen molar-refractivity contribution in [2.24, 2.45) is 0 Å². The van der Waals surface area contributed by atoms with Gasteiger partial charge in [-0.25, -0.2) is 19.2 Å². The van der Waals surface area contributed by atoms with Crippen LogP contribution in [0.5, 0.6) is 0 Å². The first-order valence-corrected chi connectivity index (χ1v) is 9.54. The molecule has 0 fully saturated rings. The smallest absolute Gasteiger partial charge is 0.200 e. The largest absolute Gasteiger partial charge is 0.274 e. The molecule has 0 spiro atoms. The molecule has 6 rings (SSSR count). The first-order valence-electron chi connectivity index (χ1n) is 9.54. The molecule has 0 atom stereocenters. The van der Waals surface area contributed by atoms with Crippen molar-refractivity contribution in [1.29, 1.82) is 0 Å². The Morgan fingerprint density at radius 3 is 2.60 bits per heavy atom. The van der Waals surface area contributed by atoms with Crippen LogP contribution in [-0.2, 0) is 0 Å². The standard InChI is InChI=1S/C22H16N8/c1-14-7-9-15(10-8-14)18-11-19(27-26-18)20-25-22-17-12-24-30(16-5-3-2-4-6-16)21(17)23-13-29(22)28-20/h2-13H,1H3,(H,26,27). The monoisotopic (exact) mass is 392 g/mol. The molecule has 4 aromatic heterocycles. The van der Waals surface area contributed by atoms with E-state index in [9.17, 15) is 0 Å². The summed E-state index contributed by atoms with van der Waals surface area (Å²) in [6, 6.07) is 20.1. The molecule has 0 radical (unpaired) electrons. The van der Waals surface area contributed by atoms with Gasteiger partial charge in [0.2, 0.25) is 0 Å². The predicted octanol–water partition coefficient (Wildman–Crippen LogP) is 3.83. The number of aromatic nitrogens is 8. The van der Waals surface area contributed by atoms with Crippen LogP contribution in [0, 0.1) is 6.92 Å². The van der Waals surface area contributed by atoms with Crippen molar-refractivity contribution in [3.05, 3.63) is 78.8 Å². The van der Waals surface area contributed by atoms with Crippen LogP contribution < -0.4 is 0 Å². The zero-order valence-electron chi connectivity index (χ0n) is 16.1. The molecule has 0 unspecified atom stereocenters. The van der Waals surface area contributed by atoms with Gasteiger partial charge in [-0.3, -0.25) is 5.10 Å². The van der Waals surface area contributed by atoms with Crippen LogP contribution in [0.4, 0.5) is 0 Å². The van der Waals surface area contributed by atoms with Gasteiger partial charge in [0, 0.05) is 5.56 Å². The average Bonchev–Trinajstić information content (AvgIpc) is 3.51. The molecular weight excluding hydrogens is 376 g/mol. The fourth-order valence-electron chi connectivity index (χ4n) is 3.50. The Hall–Kier alpha value is -4.33. The molecule has 8 nitrogen and oxygen atoms in total. The normalized spacial score (nSPS) is 11.5. The lowest BCUT2D eigenvalue weighted by atomic mass is 10.1. The Morgan fingerprint density at radius 1 is 0.933 bits per heavy atom. The fourth-order valence-corrected chi connectivity index (χ4v) is 3.50. The maximum absolute atomic E-state index is 4.73. The summed E-state index contributed by atoms with van der Waals surface area (Å²) in [7, 11) is 0. The number of nitrogens with one attached hydrogen (secondary N) is 1. The van der Waals surface area contributed by atoms with E-state index in [2.05, 4.69) is 56.6 Å². The van der Waals surface area contributed by atoms with Gasteiger partial charge in [-0.2, -0.15) is 10.2 Å². The molecule has 0 bridgehead atoms. The van der Waals surface area contributed by atoms with E-state index in [1.165, 1.54) is 5.56 Å². The molecule has 0 saturated heterocycles. The van der Waals surface area contributed by atoms with E-state index in [4.69, 9.17) is 4.98 Å². The molecule has 144 valence electrons. The second kappa shape index (κ2) is 6.35. The number of benzene rings is 2. The number of fused-ring (bicyclic) bond motifs is 3. The van der Waals surface area contributed by atoms with Gasteiger partial charge in [0.05, 0.1) is 23.0 Å². The SMILES string of the molecule is Cc1ccc(-c2cc(-c3nc4c5cnn(-c6ccccc6)c5ncn4n3)[nH]n2)cc1. The van der Waals surface area contributed by atoms with E-state index in [0.717, 1.165) is 33.7 Å². The Balaban J connectivity index is 1.44. The van der Waals surface area contributed by atoms with Crippen molar-refractivity contribution in [3.8, 4) is 28.5 Å². The van der Waals surface area contributed by atoms with E-state index < -0.39 is 0 Å². The topological polar surface area (TPSA) is 89.6 Å². The highest BCUT2D eigenvalue weighted by Crippen LogP contribution is 2.25. The van der Waals surface area contributed by atoms with Crippen molar-refractivity contribution < 1.29 is 0 Å². The van der Waals surface area contributed by atoms with Crippen molar-refractivity contribution in [2.75, 3.05) is 0 Å². The van der Waals surface area contributed by atoms with Gasteiger partial charge >= 0.3 is 0 Å². The summed E-state index contributed by atoms with van der Waals surface area (Å²) in [5, 5.41) is 17.4. The number of hydrogen-bond acceptors (Lipinski definition) is 5. The number of para-hydroxylation sites is 1. The number of aryl methyl sites for hydroxylation is 1. The van der Waals surface area contributed by atoms with Crippen molar-refractivity contribution >= 4 is 16.7 Å². The van der Waals surface area contributed by atoms with Crippen LogP contribution in [0.2, 0.25) is 0 Å². The van der Waals surface area contributed by atoms with Gasteiger partial charge in [-0.05, 0) is 25.1 Å². The first kappa shape index (κ1) is 16.6. The number of hydrogen-bond donors (Lipinski definition) is 1. The third-order valence-electron chi connectivity index (χ3n) is 5.07. The van der Waals surface area contributed by atoms with Gasteiger partial charge in [0.15, 0.2) is 17.1 Å². The summed E-state index contributed by atoms with van der Waals surface area (Å²) in [5.41, 5.74) is 6.23. The summed E-state index contributed by atoms with van der Waals surface area (Å²) in [6.45, 7) is 2.06. The Kier molecular flexibility index (Phi) is 3.51. The van der Waals surface area contributed by atoms with Gasteiger partial charge in [-0.15, -0.1) is 5.10 Å². The third-order valence-corrected chi connectivity index (χ3v) is 5.07. The minimum atomic E-state index is 0.558. The summed E-state index contributed by atoms with van der Waals surface area (Å²) in [5.74, 6) is 0.558. The summed E-state index contributed by atoms with van der Waals surface area (Å²) < 4.78 is 3.47. The molecule has 0 amide bonds. The van der Waals surface area contributed by atoms with E-state index in [1.807, 2.05) is 36.4 Å². The van der Waals surface area contributed by atoms with Crippen molar-refractivity contribution in [3.63, 3.8) is 0 Å². The minimum Gasteiger partial charge on any atom is -0.274 e. The Morgan fingerprint density at radius 2 is 1.77 bits per heavy atom. The van der Waals surface area contributed by atoms with Crippen LogP contribution >= 0.6 is 0 Å². The fraction of sp³-hybridized carbons (Fsp3) is 0.0455. The Bertz CT molecular complexity index is 1490. The first-order chi connectivity index (χ1) is 14.8. The van der Waals surface area contributed by atoms with Gasteiger partial charge < -0.3 is 0 Å². The second-order valence-electron chi connectivity index (χ2n) is 7.11. The molecular formula is C22H16N8. The van der Waals surface area contributed by atoms with Gasteiger partial charge in [0.25, 0.3) is 0 Å². The maximum atomic E-state index is 4.73. The van der Waals surface area contributed by atoms with Crippen LogP contribution in [0.1, 0.15) is 5.56 Å². The zero-order valence-corrected chi connectivity index (χ0v) is 16.1. The highest BCUT2D eigenvalue weighted by Gasteiger charge is 2.16. The highest BCUT2D eigenvalue weighted by molar-refractivity contribution is 5.89. The second-order valence-corrected chi connectivity index (χ2v) is 7.11. The number of aromatic amines is 1. The van der Waals surface area contributed by atoms with Gasteiger partial charge in [-0.1, -0.05) is 48.0 Å². The Labute approximate surface area is 170 Å². The van der Waals surface area contributed by atoms with Crippen LogP contribution in [0.15, 0.2) is 73.2 Å². The lowest BCUT2D eigenvalue weighted by Crippen LogP contribution is -1.98. The van der Waals surface area contributed by atoms with E-state index in [-0.39, 0.29) is 0 Å². The minimum absolute atomic E-state index is 0.558. The maximum Gasteiger partial charge on any atom is 0.200 e. The van der Waals surface area contributed by atoms with Crippen molar-refractivity contribution in [2.45, 2.75) is 6.92 Å². The summed E-state index contributed by atoms with van der Waals surface area (Å²) >= 11 is 0. The van der Waals surface area contributed by atoms with Crippen LogP contribution in [0.25, 0.3) is 45.1 Å². The van der Waals surface area contributed by atoms with E-state index >= 15 is 0 Å². The molecule has 0 aliphatic rings. The number of nitrogens with zero attached hydrogens (tertiary/aromatic N) is 7. The molecule has 0 aliphatic heterocycles. The van der Waals surface area contributed by atoms with E-state index in [1.54, 1.807) is 21.7 Å². The molecule has 2 aromatic carbocycles. The molecule has 0 saturated carbocycles. The van der Waals surface area contributed by atoms with Crippen LogP contribution in [0.3, 0.4) is 0 Å². The molecule has 4 heterocycles. The average molecular weight is 392 g/mol. The molecule has 0 aliphatic carbocycles. The zero-order chi connectivity index (χ0) is 20.1. The summed E-state index contributed by atoms with van der Waals surface area (Å²) in [4.78, 5) is 9.28. The highest BCUT2D eigenvalue weighted by atomic mass is 15.4. The van der Waals surface area contributed by atoms with Crippen molar-refractivity contribution in [1.82, 2.24) is 39.6 Å². The predicted molar refractivity (Wildman–Crippen MR) is 113 cm³/mol. The van der Waals surface area contributed by atoms with Crippen LogP contribution in [-0.4, -0.2) is 39.6 Å². The molecule has 1 N–H and O–H groups in total. The number of H-pyrrole nitrogens is 1.